The highest BCUT2D eigenvalue weighted by Crippen LogP contribution is 2.66. The predicted octanol–water partition coefficient (Wildman–Crippen LogP) is 3.22. The first kappa shape index (κ1) is 17.8. The zero-order chi connectivity index (χ0) is 18.1. The Morgan fingerprint density at radius 1 is 1.21 bits per heavy atom. The number of carbonyl (C=O) groups is 2. The van der Waals surface area contributed by atoms with Gasteiger partial charge in [-0.2, -0.15) is 0 Å². The van der Waals surface area contributed by atoms with E-state index in [0.717, 1.165) is 0 Å². The molecule has 1 heterocycles. The van der Waals surface area contributed by atoms with Gasteiger partial charge >= 0.3 is 0 Å². The molecule has 0 radical (unpaired) electrons. The van der Waals surface area contributed by atoms with Gasteiger partial charge in [0.25, 0.3) is 0 Å². The van der Waals surface area contributed by atoms with E-state index in [1.807, 2.05) is 13.8 Å². The van der Waals surface area contributed by atoms with Crippen LogP contribution in [0.25, 0.3) is 0 Å². The SMILES string of the molecule is C=C(C(C)=O)[C@@H]1C[C@H]2[C@@](C)(CC[C@@]3(O)C(C)(C)CCC(=O)[C@]23C)O1. The van der Waals surface area contributed by atoms with E-state index in [2.05, 4.69) is 20.4 Å². The summed E-state index contributed by atoms with van der Waals surface area (Å²) in [6.45, 7) is 13.5. The van der Waals surface area contributed by atoms with E-state index >= 15 is 0 Å². The number of ether oxygens (including phenoxy) is 1. The third kappa shape index (κ3) is 1.99. The van der Waals surface area contributed by atoms with Crippen molar-refractivity contribution in [2.24, 2.45) is 16.7 Å². The number of rotatable bonds is 2. The monoisotopic (exact) mass is 334 g/mol. The number of fused-ring (bicyclic) bond motifs is 3. The van der Waals surface area contributed by atoms with E-state index in [4.69, 9.17) is 4.74 Å². The van der Waals surface area contributed by atoms with Gasteiger partial charge < -0.3 is 9.84 Å². The van der Waals surface area contributed by atoms with Crippen LogP contribution in [0.15, 0.2) is 12.2 Å². The highest BCUT2D eigenvalue weighted by molar-refractivity contribution is 5.94. The molecule has 1 N–H and O–H groups in total. The molecule has 1 saturated heterocycles. The molecule has 5 atom stereocenters. The summed E-state index contributed by atoms with van der Waals surface area (Å²) in [4.78, 5) is 24.8. The molecule has 1 aliphatic heterocycles. The summed E-state index contributed by atoms with van der Waals surface area (Å²) >= 11 is 0. The second kappa shape index (κ2) is 5.01. The van der Waals surface area contributed by atoms with Crippen LogP contribution in [0.1, 0.15) is 66.7 Å². The van der Waals surface area contributed by atoms with Crippen molar-refractivity contribution >= 4 is 11.6 Å². The van der Waals surface area contributed by atoms with Gasteiger partial charge in [-0.3, -0.25) is 9.59 Å². The van der Waals surface area contributed by atoms with Crippen molar-refractivity contribution in [3.63, 3.8) is 0 Å². The number of aliphatic hydroxyl groups is 1. The van der Waals surface area contributed by atoms with Crippen molar-refractivity contribution in [3.8, 4) is 0 Å². The summed E-state index contributed by atoms with van der Waals surface area (Å²) in [5, 5.41) is 11.7. The number of carbonyl (C=O) groups excluding carboxylic acids is 2. The van der Waals surface area contributed by atoms with E-state index in [9.17, 15) is 14.7 Å². The Hall–Kier alpha value is -1.00. The van der Waals surface area contributed by atoms with Crippen LogP contribution in [0.5, 0.6) is 0 Å². The molecule has 3 rings (SSSR count). The molecule has 0 bridgehead atoms. The lowest BCUT2D eigenvalue weighted by molar-refractivity contribution is -0.242. The number of Topliss-reactive ketones (excluding diaryl/α,β-unsaturated/α-hetero) is 2. The Morgan fingerprint density at radius 2 is 1.83 bits per heavy atom. The van der Waals surface area contributed by atoms with E-state index in [-0.39, 0.29) is 29.0 Å². The van der Waals surface area contributed by atoms with E-state index < -0.39 is 16.6 Å². The highest BCUT2D eigenvalue weighted by Gasteiger charge is 2.72. The van der Waals surface area contributed by atoms with Crippen molar-refractivity contribution < 1.29 is 19.4 Å². The molecule has 4 nitrogen and oxygen atoms in total. The maximum atomic E-state index is 13.0. The molecule has 0 spiro atoms. The van der Waals surface area contributed by atoms with E-state index in [0.29, 0.717) is 37.7 Å². The summed E-state index contributed by atoms with van der Waals surface area (Å²) in [7, 11) is 0. The third-order valence-electron chi connectivity index (χ3n) is 7.65. The molecule has 2 aliphatic carbocycles. The second-order valence-electron chi connectivity index (χ2n) is 9.16. The molecule has 3 fully saturated rings. The minimum Gasteiger partial charge on any atom is -0.388 e. The smallest absolute Gasteiger partial charge is 0.157 e. The van der Waals surface area contributed by atoms with Gasteiger partial charge in [0.05, 0.1) is 22.7 Å². The zero-order valence-electron chi connectivity index (χ0n) is 15.6. The Bertz CT molecular complexity index is 621. The molecular weight excluding hydrogens is 304 g/mol. The summed E-state index contributed by atoms with van der Waals surface area (Å²) in [6, 6.07) is 0. The quantitative estimate of drug-likeness (QED) is 0.788. The van der Waals surface area contributed by atoms with Gasteiger partial charge in [0.15, 0.2) is 5.78 Å². The molecule has 0 unspecified atom stereocenters. The van der Waals surface area contributed by atoms with Crippen molar-refractivity contribution in [2.75, 3.05) is 0 Å². The van der Waals surface area contributed by atoms with Gasteiger partial charge in [0.1, 0.15) is 5.78 Å². The fourth-order valence-electron chi connectivity index (χ4n) is 5.77. The summed E-state index contributed by atoms with van der Waals surface area (Å²) in [6.07, 6.45) is 2.68. The fraction of sp³-hybridized carbons (Fsp3) is 0.800. The average Bonchev–Trinajstić information content (AvgIpc) is 2.85. The first-order valence-electron chi connectivity index (χ1n) is 9.02. The minimum absolute atomic E-state index is 0.0713. The lowest BCUT2D eigenvalue weighted by Crippen LogP contribution is -2.70. The van der Waals surface area contributed by atoms with E-state index in [1.165, 1.54) is 6.92 Å². The van der Waals surface area contributed by atoms with Gasteiger partial charge in [0, 0.05) is 17.9 Å². The molecule has 24 heavy (non-hydrogen) atoms. The van der Waals surface area contributed by atoms with Crippen LogP contribution in [-0.4, -0.2) is 34.0 Å². The lowest BCUT2D eigenvalue weighted by atomic mass is 9.42. The Kier molecular flexibility index (Phi) is 3.72. The molecule has 0 aromatic rings. The molecule has 2 saturated carbocycles. The van der Waals surface area contributed by atoms with Crippen LogP contribution in [0.3, 0.4) is 0 Å². The summed E-state index contributed by atoms with van der Waals surface area (Å²) in [5.41, 5.74) is -2.21. The molecule has 0 amide bonds. The zero-order valence-corrected chi connectivity index (χ0v) is 15.6. The Balaban J connectivity index is 2.06. The third-order valence-corrected chi connectivity index (χ3v) is 7.65. The van der Waals surface area contributed by atoms with Crippen LogP contribution in [0.2, 0.25) is 0 Å². The molecule has 4 heteroatoms. The Labute approximate surface area is 144 Å². The first-order chi connectivity index (χ1) is 10.9. The fourth-order valence-corrected chi connectivity index (χ4v) is 5.77. The van der Waals surface area contributed by atoms with Gasteiger partial charge in [-0.15, -0.1) is 0 Å². The van der Waals surface area contributed by atoms with Gasteiger partial charge in [0.2, 0.25) is 0 Å². The molecule has 3 aliphatic rings. The van der Waals surface area contributed by atoms with E-state index in [1.54, 1.807) is 0 Å². The number of hydrogen-bond acceptors (Lipinski definition) is 4. The average molecular weight is 334 g/mol. The van der Waals surface area contributed by atoms with Gasteiger partial charge in [-0.05, 0) is 51.9 Å². The van der Waals surface area contributed by atoms with Crippen molar-refractivity contribution in [1.82, 2.24) is 0 Å². The van der Waals surface area contributed by atoms with Crippen LogP contribution in [0, 0.1) is 16.7 Å². The number of ketones is 2. The topological polar surface area (TPSA) is 63.6 Å². The highest BCUT2D eigenvalue weighted by atomic mass is 16.5. The summed E-state index contributed by atoms with van der Waals surface area (Å²) in [5.74, 6) is -0.0344. The van der Waals surface area contributed by atoms with Gasteiger partial charge in [-0.25, -0.2) is 0 Å². The Morgan fingerprint density at radius 3 is 2.42 bits per heavy atom. The lowest BCUT2D eigenvalue weighted by Gasteiger charge is -2.63. The normalized spacial score (nSPS) is 47.0. The molecule has 0 aromatic carbocycles. The molecular formula is C20H30O4. The van der Waals surface area contributed by atoms with Gasteiger partial charge in [-0.1, -0.05) is 20.4 Å². The second-order valence-corrected chi connectivity index (χ2v) is 9.16. The van der Waals surface area contributed by atoms with Crippen LogP contribution >= 0.6 is 0 Å². The van der Waals surface area contributed by atoms with Crippen molar-refractivity contribution in [1.29, 1.82) is 0 Å². The summed E-state index contributed by atoms with van der Waals surface area (Å²) < 4.78 is 6.27. The standard InChI is InChI=1S/C20H30O4/c1-12(13(2)21)14-11-15-18(5,24-14)9-10-20(23)17(3,4)8-7-16(22)19(15,20)6/h14-15,23H,1,7-11H2,2-6H3/t14-,15-,18+,19-,20+/m0/s1. The first-order valence-corrected chi connectivity index (χ1v) is 9.02. The molecule has 0 aromatic heterocycles. The van der Waals surface area contributed by atoms with Crippen LogP contribution < -0.4 is 0 Å². The van der Waals surface area contributed by atoms with Crippen molar-refractivity contribution in [3.05, 3.63) is 12.2 Å². The van der Waals surface area contributed by atoms with Crippen LogP contribution in [-0.2, 0) is 14.3 Å². The van der Waals surface area contributed by atoms with Crippen molar-refractivity contribution in [2.45, 2.75) is 84.0 Å². The molecule has 134 valence electrons. The van der Waals surface area contributed by atoms with Crippen LogP contribution in [0.4, 0.5) is 0 Å². The number of hydrogen-bond donors (Lipinski definition) is 1. The maximum Gasteiger partial charge on any atom is 0.157 e. The largest absolute Gasteiger partial charge is 0.388 e. The minimum atomic E-state index is -1.03. The maximum absolute atomic E-state index is 13.0. The predicted molar refractivity (Wildman–Crippen MR) is 91.5 cm³/mol.